The summed E-state index contributed by atoms with van der Waals surface area (Å²) in [5.41, 5.74) is 6.00. The summed E-state index contributed by atoms with van der Waals surface area (Å²) >= 11 is 0. The molecule has 3 aliphatic rings. The number of allylic oxidation sites excluding steroid dienone is 2. The predicted molar refractivity (Wildman–Crippen MR) is 107 cm³/mol. The van der Waals surface area contributed by atoms with Gasteiger partial charge in [-0.25, -0.2) is 0 Å². The highest BCUT2D eigenvalue weighted by Crippen LogP contribution is 2.57. The number of fused-ring (bicyclic) bond motifs is 5. The van der Waals surface area contributed by atoms with Crippen molar-refractivity contribution in [2.45, 2.75) is 25.0 Å². The maximum atomic E-state index is 12.0. The summed E-state index contributed by atoms with van der Waals surface area (Å²) in [4.78, 5) is 24.0. The second-order valence-electron chi connectivity index (χ2n) is 7.72. The molecule has 2 bridgehead atoms. The van der Waals surface area contributed by atoms with Crippen molar-refractivity contribution in [1.29, 1.82) is 0 Å². The zero-order valence-corrected chi connectivity index (χ0v) is 15.6. The molecule has 2 heterocycles. The van der Waals surface area contributed by atoms with Gasteiger partial charge >= 0.3 is 11.9 Å². The van der Waals surface area contributed by atoms with E-state index in [9.17, 15) is 19.8 Å². The highest BCUT2D eigenvalue weighted by Gasteiger charge is 2.62. The monoisotopic (exact) mass is 388 g/mol. The van der Waals surface area contributed by atoms with Crippen molar-refractivity contribution < 1.29 is 24.5 Å². The smallest absolute Gasteiger partial charge is 0.310 e. The van der Waals surface area contributed by atoms with Gasteiger partial charge in [-0.05, 0) is 46.3 Å². The van der Waals surface area contributed by atoms with Gasteiger partial charge in [0.15, 0.2) is 0 Å². The third-order valence-corrected chi connectivity index (χ3v) is 6.28. The first kappa shape index (κ1) is 17.9. The number of benzene rings is 2. The van der Waals surface area contributed by atoms with Crippen LogP contribution in [0.3, 0.4) is 0 Å². The summed E-state index contributed by atoms with van der Waals surface area (Å²) in [7, 11) is 0. The molecule has 0 spiro atoms. The van der Waals surface area contributed by atoms with Crippen LogP contribution in [0.4, 0.5) is 0 Å². The Morgan fingerprint density at radius 2 is 1.07 bits per heavy atom. The molecular weight excluding hydrogens is 368 g/mol. The Morgan fingerprint density at radius 3 is 1.41 bits per heavy atom. The quantitative estimate of drug-likeness (QED) is 0.831. The lowest BCUT2D eigenvalue weighted by atomic mass is 9.67. The molecule has 2 N–H and O–H groups in total. The van der Waals surface area contributed by atoms with Crippen LogP contribution in [0.25, 0.3) is 11.1 Å². The Hall–Kier alpha value is -3.18. The number of carboxylic acids is 2. The molecule has 0 radical (unpaired) electrons. The average molecular weight is 388 g/mol. The fraction of sp³-hybridized carbons (Fsp3) is 0.250. The molecule has 2 aliphatic heterocycles. The van der Waals surface area contributed by atoms with Gasteiger partial charge in [0.1, 0.15) is 11.8 Å². The van der Waals surface area contributed by atoms with E-state index in [1.54, 1.807) is 0 Å². The van der Waals surface area contributed by atoms with E-state index >= 15 is 0 Å². The largest absolute Gasteiger partial charge is 0.481 e. The molecule has 2 aromatic carbocycles. The molecule has 5 heteroatoms. The second kappa shape index (κ2) is 6.71. The summed E-state index contributed by atoms with van der Waals surface area (Å²) in [6, 6.07) is 19.8. The first-order valence-corrected chi connectivity index (χ1v) is 9.76. The fourth-order valence-corrected chi connectivity index (χ4v) is 5.14. The number of carboxylic acid groups (broad SMARTS) is 2. The molecule has 2 saturated heterocycles. The number of hydrogen-bond donors (Lipinski definition) is 2. The van der Waals surface area contributed by atoms with Gasteiger partial charge < -0.3 is 14.9 Å². The third-order valence-electron chi connectivity index (χ3n) is 6.28. The maximum absolute atomic E-state index is 12.0. The predicted octanol–water partition coefficient (Wildman–Crippen LogP) is 3.87. The highest BCUT2D eigenvalue weighted by molar-refractivity contribution is 5.93. The molecule has 1 aliphatic carbocycles. The van der Waals surface area contributed by atoms with E-state index in [1.807, 2.05) is 60.7 Å². The number of hydrogen-bond acceptors (Lipinski definition) is 3. The molecule has 0 saturated carbocycles. The lowest BCUT2D eigenvalue weighted by Crippen LogP contribution is -2.41. The number of aliphatic carboxylic acids is 2. The first-order valence-electron chi connectivity index (χ1n) is 9.76. The van der Waals surface area contributed by atoms with E-state index < -0.39 is 36.0 Å². The normalized spacial score (nSPS) is 27.9. The van der Waals surface area contributed by atoms with Crippen LogP contribution in [0.1, 0.15) is 24.0 Å². The Balaban J connectivity index is 1.76. The summed E-state index contributed by atoms with van der Waals surface area (Å²) in [6.45, 7) is 0. The first-order chi connectivity index (χ1) is 14.1. The standard InChI is InChI=1S/C24H20O5/c25-23(26)19-20(24(27)28)22-18-16(14-9-5-2-6-10-14)12-11-15(17(18)21(19)29-22)13-7-3-1-4-8-13/h1-10,19-22H,11-12H2,(H,25,26)(H,27,28)/t19?,20?,21-,22+. The average Bonchev–Trinajstić information content (AvgIpc) is 3.32. The lowest BCUT2D eigenvalue weighted by molar-refractivity contribution is -0.152. The molecule has 2 unspecified atom stereocenters. The number of ether oxygens (including phenoxy) is 1. The zero-order valence-electron chi connectivity index (χ0n) is 15.6. The minimum Gasteiger partial charge on any atom is -0.481 e. The van der Waals surface area contributed by atoms with Gasteiger partial charge in [-0.15, -0.1) is 0 Å². The van der Waals surface area contributed by atoms with Crippen LogP contribution in [0.2, 0.25) is 0 Å². The summed E-state index contributed by atoms with van der Waals surface area (Å²) < 4.78 is 6.09. The highest BCUT2D eigenvalue weighted by atomic mass is 16.5. The van der Waals surface area contributed by atoms with Gasteiger partial charge in [0.25, 0.3) is 0 Å². The van der Waals surface area contributed by atoms with Gasteiger partial charge in [-0.2, -0.15) is 0 Å². The van der Waals surface area contributed by atoms with Crippen LogP contribution < -0.4 is 0 Å². The molecule has 0 amide bonds. The number of rotatable bonds is 4. The van der Waals surface area contributed by atoms with Crippen LogP contribution in [0.5, 0.6) is 0 Å². The van der Waals surface area contributed by atoms with E-state index in [-0.39, 0.29) is 0 Å². The molecule has 5 rings (SSSR count). The van der Waals surface area contributed by atoms with Crippen molar-refractivity contribution >= 4 is 23.1 Å². The molecule has 146 valence electrons. The molecular formula is C24H20O5. The summed E-state index contributed by atoms with van der Waals surface area (Å²) in [6.07, 6.45) is 0.0682. The van der Waals surface area contributed by atoms with Gasteiger partial charge in [0, 0.05) is 0 Å². The van der Waals surface area contributed by atoms with Crippen molar-refractivity contribution in [3.63, 3.8) is 0 Å². The maximum Gasteiger partial charge on any atom is 0.310 e. The van der Waals surface area contributed by atoms with Crippen molar-refractivity contribution in [2.24, 2.45) is 11.8 Å². The van der Waals surface area contributed by atoms with Gasteiger partial charge in [0.2, 0.25) is 0 Å². The van der Waals surface area contributed by atoms with E-state index in [1.165, 1.54) is 0 Å². The summed E-state index contributed by atoms with van der Waals surface area (Å²) in [5.74, 6) is -4.39. The Kier molecular flexibility index (Phi) is 4.14. The SMILES string of the molecule is O=C(O)C1C(C(=O)O)[C@H]2O[C@@H]1C1=C(c3ccccc3)CCC(c3ccccc3)=C12. The van der Waals surface area contributed by atoms with Crippen molar-refractivity contribution in [2.75, 3.05) is 0 Å². The second-order valence-corrected chi connectivity index (χ2v) is 7.72. The zero-order chi connectivity index (χ0) is 20.1. The molecule has 2 aromatic rings. The van der Waals surface area contributed by atoms with Gasteiger partial charge in [-0.3, -0.25) is 9.59 Å². The van der Waals surface area contributed by atoms with Crippen LogP contribution >= 0.6 is 0 Å². The Bertz CT molecular complexity index is 966. The van der Waals surface area contributed by atoms with E-state index in [0.29, 0.717) is 0 Å². The van der Waals surface area contributed by atoms with Crippen molar-refractivity contribution in [3.8, 4) is 0 Å². The Labute approximate surface area is 167 Å². The van der Waals surface area contributed by atoms with Crippen LogP contribution in [-0.4, -0.2) is 34.4 Å². The Morgan fingerprint density at radius 1 is 0.690 bits per heavy atom. The van der Waals surface area contributed by atoms with E-state index in [2.05, 4.69) is 0 Å². The van der Waals surface area contributed by atoms with Crippen LogP contribution in [0, 0.1) is 11.8 Å². The van der Waals surface area contributed by atoms with Gasteiger partial charge in [0.05, 0.1) is 12.2 Å². The third kappa shape index (κ3) is 2.65. The van der Waals surface area contributed by atoms with E-state index in [4.69, 9.17) is 4.74 Å². The van der Waals surface area contributed by atoms with Crippen molar-refractivity contribution in [3.05, 3.63) is 82.9 Å². The minimum atomic E-state index is -1.12. The lowest BCUT2D eigenvalue weighted by Gasteiger charge is -2.33. The molecule has 29 heavy (non-hydrogen) atoms. The topological polar surface area (TPSA) is 83.8 Å². The molecule has 5 nitrogen and oxygen atoms in total. The minimum absolute atomic E-state index is 0.734. The molecule has 4 atom stereocenters. The number of carbonyl (C=O) groups is 2. The van der Waals surface area contributed by atoms with Crippen LogP contribution in [-0.2, 0) is 14.3 Å². The molecule has 0 aromatic heterocycles. The summed E-state index contributed by atoms with van der Waals surface area (Å²) in [5, 5.41) is 19.6. The fourth-order valence-electron chi connectivity index (χ4n) is 5.14. The van der Waals surface area contributed by atoms with Crippen LogP contribution in [0.15, 0.2) is 71.8 Å². The van der Waals surface area contributed by atoms with Crippen molar-refractivity contribution in [1.82, 2.24) is 0 Å². The van der Waals surface area contributed by atoms with Gasteiger partial charge in [-0.1, -0.05) is 60.7 Å². The molecule has 2 fully saturated rings. The van der Waals surface area contributed by atoms with E-state index in [0.717, 1.165) is 46.3 Å².